The fourth-order valence-corrected chi connectivity index (χ4v) is 4.28. The molecule has 172 valence electrons. The number of carboxylic acid groups (broad SMARTS) is 1. The number of carbonyl (C=O) groups is 4. The number of carboxylic acids is 1. The van der Waals surface area contributed by atoms with E-state index in [9.17, 15) is 24.3 Å². The minimum atomic E-state index is -1.68. The van der Waals surface area contributed by atoms with E-state index in [0.717, 1.165) is 27.2 Å². The topological polar surface area (TPSA) is 122 Å². The molecule has 1 aliphatic heterocycles. The quantitative estimate of drug-likeness (QED) is 0.487. The Hall–Kier alpha value is -3.88. The number of esters is 1. The first-order chi connectivity index (χ1) is 15.9. The Morgan fingerprint density at radius 1 is 1.03 bits per heavy atom. The molecule has 1 heterocycles. The molecule has 2 atom stereocenters. The summed E-state index contributed by atoms with van der Waals surface area (Å²) in [5.41, 5.74) is 4.18. The average Bonchev–Trinajstić information content (AvgIpc) is 3.08. The second-order valence-electron chi connectivity index (χ2n) is 7.83. The summed E-state index contributed by atoms with van der Waals surface area (Å²) in [6.07, 6.45) is -0.683. The molecular formula is C24H24N2O7. The van der Waals surface area contributed by atoms with E-state index in [1.54, 1.807) is 6.92 Å². The van der Waals surface area contributed by atoms with Crippen LogP contribution in [-0.2, 0) is 23.9 Å². The number of aliphatic carboxylic acids is 1. The minimum Gasteiger partial charge on any atom is -0.480 e. The molecule has 33 heavy (non-hydrogen) atoms. The molecule has 2 aromatic rings. The van der Waals surface area contributed by atoms with E-state index >= 15 is 0 Å². The summed E-state index contributed by atoms with van der Waals surface area (Å²) in [5.74, 6) is -3.15. The van der Waals surface area contributed by atoms with Gasteiger partial charge < -0.3 is 19.5 Å². The van der Waals surface area contributed by atoms with Crippen LogP contribution in [0.1, 0.15) is 30.4 Å². The summed E-state index contributed by atoms with van der Waals surface area (Å²) in [6, 6.07) is 13.0. The van der Waals surface area contributed by atoms with E-state index in [0.29, 0.717) is 0 Å². The van der Waals surface area contributed by atoms with Gasteiger partial charge in [0.1, 0.15) is 12.6 Å². The summed E-state index contributed by atoms with van der Waals surface area (Å²) in [4.78, 5) is 50.0. The van der Waals surface area contributed by atoms with Crippen molar-refractivity contribution in [3.63, 3.8) is 0 Å². The summed E-state index contributed by atoms with van der Waals surface area (Å²) in [5, 5.41) is 11.5. The van der Waals surface area contributed by atoms with Gasteiger partial charge in [0.05, 0.1) is 6.61 Å². The Bertz CT molecular complexity index is 1050. The molecule has 2 amide bonds. The molecule has 0 saturated carbocycles. The Morgan fingerprint density at radius 3 is 2.15 bits per heavy atom. The zero-order valence-electron chi connectivity index (χ0n) is 18.0. The summed E-state index contributed by atoms with van der Waals surface area (Å²) < 4.78 is 10.3. The highest BCUT2D eigenvalue weighted by atomic mass is 16.6. The fourth-order valence-electron chi connectivity index (χ4n) is 4.28. The SMILES string of the molecule is CCOC(=O)C(NC(=O)OCC1c2ccccc2-c2ccccc21)C(=O)N1CCC1C(=O)O. The summed E-state index contributed by atoms with van der Waals surface area (Å²) >= 11 is 0. The van der Waals surface area contributed by atoms with Crippen molar-refractivity contribution < 1.29 is 33.8 Å². The molecular weight excluding hydrogens is 428 g/mol. The second-order valence-corrected chi connectivity index (χ2v) is 7.83. The van der Waals surface area contributed by atoms with E-state index in [-0.39, 0.29) is 32.1 Å². The Morgan fingerprint density at radius 2 is 1.64 bits per heavy atom. The van der Waals surface area contributed by atoms with Crippen LogP contribution < -0.4 is 5.32 Å². The van der Waals surface area contributed by atoms with Gasteiger partial charge in [0.2, 0.25) is 6.04 Å². The van der Waals surface area contributed by atoms with Crippen LogP contribution in [-0.4, -0.2) is 65.8 Å². The number of ether oxygens (including phenoxy) is 2. The number of hydrogen-bond donors (Lipinski definition) is 2. The highest BCUT2D eigenvalue weighted by Gasteiger charge is 2.44. The predicted molar refractivity (Wildman–Crippen MR) is 116 cm³/mol. The number of nitrogens with one attached hydrogen (secondary N) is 1. The van der Waals surface area contributed by atoms with Crippen LogP contribution in [0.3, 0.4) is 0 Å². The molecule has 1 aliphatic carbocycles. The van der Waals surface area contributed by atoms with Crippen LogP contribution in [0.25, 0.3) is 11.1 Å². The van der Waals surface area contributed by atoms with Gasteiger partial charge >= 0.3 is 18.0 Å². The molecule has 9 heteroatoms. The highest BCUT2D eigenvalue weighted by Crippen LogP contribution is 2.44. The van der Waals surface area contributed by atoms with Gasteiger partial charge in [-0.15, -0.1) is 0 Å². The van der Waals surface area contributed by atoms with Crippen molar-refractivity contribution in [1.29, 1.82) is 0 Å². The molecule has 2 aromatic carbocycles. The van der Waals surface area contributed by atoms with Crippen molar-refractivity contribution in [2.45, 2.75) is 31.3 Å². The third-order valence-electron chi connectivity index (χ3n) is 5.96. The van der Waals surface area contributed by atoms with Gasteiger partial charge in [-0.05, 0) is 35.6 Å². The number of nitrogens with zero attached hydrogens (tertiary/aromatic N) is 1. The lowest BCUT2D eigenvalue weighted by Crippen LogP contribution is -2.62. The average molecular weight is 452 g/mol. The molecule has 0 spiro atoms. The molecule has 1 saturated heterocycles. The maximum Gasteiger partial charge on any atom is 0.408 e. The van der Waals surface area contributed by atoms with Gasteiger partial charge in [-0.2, -0.15) is 0 Å². The lowest BCUT2D eigenvalue weighted by Gasteiger charge is -2.39. The molecule has 0 bridgehead atoms. The van der Waals surface area contributed by atoms with Crippen LogP contribution in [0.2, 0.25) is 0 Å². The highest BCUT2D eigenvalue weighted by molar-refractivity contribution is 6.05. The molecule has 2 aliphatic rings. The first-order valence-corrected chi connectivity index (χ1v) is 10.7. The largest absolute Gasteiger partial charge is 0.480 e. The van der Waals surface area contributed by atoms with Crippen LogP contribution in [0.5, 0.6) is 0 Å². The Balaban J connectivity index is 1.45. The normalized spacial score (nSPS) is 17.2. The van der Waals surface area contributed by atoms with Crippen LogP contribution >= 0.6 is 0 Å². The van der Waals surface area contributed by atoms with Crippen molar-refractivity contribution in [2.75, 3.05) is 19.8 Å². The van der Waals surface area contributed by atoms with Crippen LogP contribution in [0.15, 0.2) is 48.5 Å². The maximum atomic E-state index is 12.8. The number of fused-ring (bicyclic) bond motifs is 3. The van der Waals surface area contributed by atoms with E-state index < -0.39 is 36.0 Å². The third-order valence-corrected chi connectivity index (χ3v) is 5.96. The number of hydrogen-bond acceptors (Lipinski definition) is 6. The van der Waals surface area contributed by atoms with Crippen LogP contribution in [0.4, 0.5) is 4.79 Å². The van der Waals surface area contributed by atoms with Gasteiger partial charge in [0.25, 0.3) is 5.91 Å². The van der Waals surface area contributed by atoms with E-state index in [1.807, 2.05) is 48.5 Å². The first-order valence-electron chi connectivity index (χ1n) is 10.7. The minimum absolute atomic E-state index is 0.00264. The van der Waals surface area contributed by atoms with Crippen molar-refractivity contribution in [2.24, 2.45) is 0 Å². The fraction of sp³-hybridized carbons (Fsp3) is 0.333. The van der Waals surface area contributed by atoms with Gasteiger partial charge in [-0.1, -0.05) is 48.5 Å². The molecule has 0 radical (unpaired) electrons. The second kappa shape index (κ2) is 9.32. The number of amides is 2. The number of likely N-dealkylation sites (tertiary alicyclic amines) is 1. The summed E-state index contributed by atoms with van der Waals surface area (Å²) in [7, 11) is 0. The van der Waals surface area contributed by atoms with Gasteiger partial charge in [-0.3, -0.25) is 10.1 Å². The molecule has 2 N–H and O–H groups in total. The Labute approximate surface area is 190 Å². The van der Waals surface area contributed by atoms with Crippen molar-refractivity contribution in [3.05, 3.63) is 59.7 Å². The zero-order valence-corrected chi connectivity index (χ0v) is 18.0. The smallest absolute Gasteiger partial charge is 0.408 e. The lowest BCUT2D eigenvalue weighted by molar-refractivity contribution is -0.163. The number of carbonyl (C=O) groups excluding carboxylic acids is 3. The number of alkyl carbamates (subject to hydrolysis) is 1. The lowest BCUT2D eigenvalue weighted by atomic mass is 9.98. The van der Waals surface area contributed by atoms with Gasteiger partial charge in [0.15, 0.2) is 0 Å². The monoisotopic (exact) mass is 452 g/mol. The molecule has 1 fully saturated rings. The van der Waals surface area contributed by atoms with Crippen molar-refractivity contribution >= 4 is 23.9 Å². The molecule has 2 unspecified atom stereocenters. The maximum absolute atomic E-state index is 12.8. The number of rotatable bonds is 7. The van der Waals surface area contributed by atoms with E-state index in [4.69, 9.17) is 9.47 Å². The van der Waals surface area contributed by atoms with Gasteiger partial charge in [-0.25, -0.2) is 14.4 Å². The molecule has 0 aromatic heterocycles. The van der Waals surface area contributed by atoms with Crippen LogP contribution in [0, 0.1) is 0 Å². The molecule has 4 rings (SSSR count). The zero-order chi connectivity index (χ0) is 23.5. The third kappa shape index (κ3) is 4.26. The first kappa shape index (κ1) is 22.3. The van der Waals surface area contributed by atoms with E-state index in [2.05, 4.69) is 5.32 Å². The Kier molecular flexibility index (Phi) is 6.30. The predicted octanol–water partition coefficient (Wildman–Crippen LogP) is 2.14. The van der Waals surface area contributed by atoms with Crippen molar-refractivity contribution in [1.82, 2.24) is 10.2 Å². The standard InChI is InChI=1S/C24H24N2O7/c1-2-32-23(30)20(21(27)26-12-11-19(26)22(28)29)25-24(31)33-13-18-16-9-5-3-7-14(16)15-8-4-6-10-17(15)18/h3-10,18-20H,2,11-13H2,1H3,(H,25,31)(H,28,29). The van der Waals surface area contributed by atoms with Crippen molar-refractivity contribution in [3.8, 4) is 11.1 Å². The molecule has 9 nitrogen and oxygen atoms in total. The summed E-state index contributed by atoms with van der Waals surface area (Å²) in [6.45, 7) is 1.75. The van der Waals surface area contributed by atoms with Gasteiger partial charge in [0, 0.05) is 12.5 Å². The van der Waals surface area contributed by atoms with E-state index in [1.165, 1.54) is 0 Å². The number of benzene rings is 2.